The van der Waals surface area contributed by atoms with Crippen LogP contribution < -0.4 is 10.2 Å². The number of hydrogen-bond acceptors (Lipinski definition) is 4. The normalized spacial score (nSPS) is 22.2. The van der Waals surface area contributed by atoms with E-state index in [4.69, 9.17) is 0 Å². The van der Waals surface area contributed by atoms with Crippen LogP contribution in [-0.4, -0.2) is 55.1 Å². The van der Waals surface area contributed by atoms with E-state index in [9.17, 15) is 18.0 Å². The molecule has 2 fully saturated rings. The summed E-state index contributed by atoms with van der Waals surface area (Å²) in [5.74, 6) is 0.0341. The predicted octanol–water partition coefficient (Wildman–Crippen LogP) is 4.19. The van der Waals surface area contributed by atoms with Crippen molar-refractivity contribution in [3.05, 3.63) is 23.5 Å². The Hall–Kier alpha value is -1.83. The maximum atomic E-state index is 13.6. The second kappa shape index (κ2) is 8.73. The van der Waals surface area contributed by atoms with Crippen LogP contribution in [0.5, 0.6) is 0 Å². The van der Waals surface area contributed by atoms with Crippen molar-refractivity contribution in [2.24, 2.45) is 11.3 Å². The zero-order valence-electron chi connectivity index (χ0n) is 18.4. The van der Waals surface area contributed by atoms with Gasteiger partial charge in [-0.15, -0.1) is 0 Å². The summed E-state index contributed by atoms with van der Waals surface area (Å²) in [4.78, 5) is 19.7. The summed E-state index contributed by atoms with van der Waals surface area (Å²) >= 11 is 0. The highest BCUT2D eigenvalue weighted by atomic mass is 19.4. The van der Waals surface area contributed by atoms with Crippen LogP contribution >= 0.6 is 0 Å². The molecule has 1 atom stereocenters. The second-order valence-corrected chi connectivity index (χ2v) is 9.56. The number of piperidine rings is 2. The molecule has 0 radical (unpaired) electrons. The van der Waals surface area contributed by atoms with Gasteiger partial charge in [-0.05, 0) is 55.7 Å². The van der Waals surface area contributed by atoms with Crippen molar-refractivity contribution in [3.63, 3.8) is 0 Å². The minimum absolute atomic E-state index is 0.0693. The van der Waals surface area contributed by atoms with Crippen molar-refractivity contribution in [2.75, 3.05) is 38.1 Å². The maximum Gasteiger partial charge on any atom is 0.435 e. The topological polar surface area (TPSA) is 48.5 Å². The van der Waals surface area contributed by atoms with E-state index in [1.807, 2.05) is 0 Å². The number of amides is 1. The zero-order chi connectivity index (χ0) is 22.1. The Kier molecular flexibility index (Phi) is 6.65. The van der Waals surface area contributed by atoms with Crippen molar-refractivity contribution in [1.82, 2.24) is 15.2 Å². The highest BCUT2D eigenvalue weighted by Gasteiger charge is 2.39. The standard InChI is InChI=1S/C22H33F3N4O/c1-21(2,3)15-6-5-11-29(14-15)16-9-12-28(13-10-16)18-8-7-17(20(30)26-4)27-19(18)22(23,24)25/h7-8,15-16H,5-6,9-14H2,1-4H3,(H,26,30). The quantitative estimate of drug-likeness (QED) is 0.788. The van der Waals surface area contributed by atoms with Crippen molar-refractivity contribution < 1.29 is 18.0 Å². The number of pyridine rings is 1. The first-order chi connectivity index (χ1) is 14.0. The van der Waals surface area contributed by atoms with E-state index in [1.165, 1.54) is 32.0 Å². The van der Waals surface area contributed by atoms with E-state index in [0.29, 0.717) is 25.0 Å². The van der Waals surface area contributed by atoms with E-state index in [2.05, 4.69) is 36.0 Å². The van der Waals surface area contributed by atoms with Gasteiger partial charge in [0.2, 0.25) is 0 Å². The largest absolute Gasteiger partial charge is 0.435 e. The van der Waals surface area contributed by atoms with Gasteiger partial charge in [0.05, 0.1) is 5.69 Å². The average Bonchev–Trinajstić information content (AvgIpc) is 2.72. The molecule has 2 aliphatic heterocycles. The number of halogens is 3. The minimum Gasteiger partial charge on any atom is -0.370 e. The molecular weight excluding hydrogens is 393 g/mol. The lowest BCUT2D eigenvalue weighted by Gasteiger charge is -2.46. The smallest absolute Gasteiger partial charge is 0.370 e. The molecule has 0 spiro atoms. The molecule has 0 saturated carbocycles. The summed E-state index contributed by atoms with van der Waals surface area (Å²) in [7, 11) is 1.38. The van der Waals surface area contributed by atoms with Gasteiger partial charge in [-0.1, -0.05) is 20.8 Å². The number of carbonyl (C=O) groups is 1. The fourth-order valence-electron chi connectivity index (χ4n) is 4.69. The predicted molar refractivity (Wildman–Crippen MR) is 112 cm³/mol. The van der Waals surface area contributed by atoms with E-state index in [1.54, 1.807) is 4.90 Å². The van der Waals surface area contributed by atoms with E-state index in [0.717, 1.165) is 25.9 Å². The lowest BCUT2D eigenvalue weighted by atomic mass is 9.76. The van der Waals surface area contributed by atoms with Gasteiger partial charge < -0.3 is 10.2 Å². The Morgan fingerprint density at radius 2 is 1.77 bits per heavy atom. The molecule has 1 aromatic rings. The number of nitrogens with zero attached hydrogens (tertiary/aromatic N) is 3. The number of nitrogens with one attached hydrogen (secondary N) is 1. The summed E-state index contributed by atoms with van der Waals surface area (Å²) in [5, 5.41) is 2.33. The Morgan fingerprint density at radius 1 is 1.10 bits per heavy atom. The van der Waals surface area contributed by atoms with Gasteiger partial charge in [0, 0.05) is 32.7 Å². The first kappa shape index (κ1) is 22.8. The Labute approximate surface area is 177 Å². The number of carbonyl (C=O) groups excluding carboxylic acids is 1. The molecule has 168 valence electrons. The number of alkyl halides is 3. The van der Waals surface area contributed by atoms with Gasteiger partial charge in [-0.2, -0.15) is 13.2 Å². The number of likely N-dealkylation sites (tertiary alicyclic amines) is 1. The molecule has 2 saturated heterocycles. The molecule has 1 amide bonds. The maximum absolute atomic E-state index is 13.6. The second-order valence-electron chi connectivity index (χ2n) is 9.56. The molecular formula is C22H33F3N4O. The highest BCUT2D eigenvalue weighted by molar-refractivity contribution is 5.92. The molecule has 2 aliphatic rings. The third-order valence-corrected chi connectivity index (χ3v) is 6.60. The fourth-order valence-corrected chi connectivity index (χ4v) is 4.69. The fraction of sp³-hybridized carbons (Fsp3) is 0.727. The summed E-state index contributed by atoms with van der Waals surface area (Å²) in [6.07, 6.45) is -0.498. The summed E-state index contributed by atoms with van der Waals surface area (Å²) in [6.45, 7) is 10.1. The van der Waals surface area contributed by atoms with Crippen LogP contribution in [0.3, 0.4) is 0 Å². The molecule has 0 bridgehead atoms. The number of rotatable bonds is 3. The molecule has 3 rings (SSSR count). The molecule has 0 aliphatic carbocycles. The first-order valence-electron chi connectivity index (χ1n) is 10.8. The number of anilines is 1. The van der Waals surface area contributed by atoms with Crippen LogP contribution in [0.1, 0.15) is 62.6 Å². The lowest BCUT2D eigenvalue weighted by Crippen LogP contribution is -2.50. The van der Waals surface area contributed by atoms with E-state index in [-0.39, 0.29) is 16.8 Å². The molecule has 1 unspecified atom stereocenters. The minimum atomic E-state index is -4.61. The molecule has 3 heterocycles. The summed E-state index contributed by atoms with van der Waals surface area (Å²) in [6, 6.07) is 3.17. The number of hydrogen-bond donors (Lipinski definition) is 1. The Balaban J connectivity index is 1.71. The number of aromatic nitrogens is 1. The lowest BCUT2D eigenvalue weighted by molar-refractivity contribution is -0.140. The summed E-state index contributed by atoms with van der Waals surface area (Å²) < 4.78 is 40.9. The van der Waals surface area contributed by atoms with Gasteiger partial charge in [0.25, 0.3) is 5.91 Å². The Bertz CT molecular complexity index is 752. The van der Waals surface area contributed by atoms with Crippen molar-refractivity contribution in [1.29, 1.82) is 0 Å². The van der Waals surface area contributed by atoms with Gasteiger partial charge >= 0.3 is 6.18 Å². The third-order valence-electron chi connectivity index (χ3n) is 6.60. The third kappa shape index (κ3) is 5.07. The SMILES string of the molecule is CNC(=O)c1ccc(N2CCC(N3CCCC(C(C)(C)C)C3)CC2)c(C(F)(F)F)n1. The van der Waals surface area contributed by atoms with Crippen LogP contribution in [0, 0.1) is 11.3 Å². The van der Waals surface area contributed by atoms with E-state index < -0.39 is 17.8 Å². The van der Waals surface area contributed by atoms with Crippen LogP contribution in [0.4, 0.5) is 18.9 Å². The van der Waals surface area contributed by atoms with Gasteiger partial charge in [0.15, 0.2) is 5.69 Å². The summed E-state index contributed by atoms with van der Waals surface area (Å²) in [5.41, 5.74) is -0.850. The van der Waals surface area contributed by atoms with E-state index >= 15 is 0 Å². The van der Waals surface area contributed by atoms with Gasteiger partial charge in [-0.3, -0.25) is 9.69 Å². The van der Waals surface area contributed by atoms with Crippen molar-refractivity contribution in [3.8, 4) is 0 Å². The molecule has 1 aromatic heterocycles. The van der Waals surface area contributed by atoms with Crippen LogP contribution in [0.25, 0.3) is 0 Å². The average molecular weight is 427 g/mol. The highest BCUT2D eigenvalue weighted by Crippen LogP contribution is 2.38. The van der Waals surface area contributed by atoms with Crippen LogP contribution in [-0.2, 0) is 6.18 Å². The molecule has 1 N–H and O–H groups in total. The van der Waals surface area contributed by atoms with Crippen LogP contribution in [0.15, 0.2) is 12.1 Å². The van der Waals surface area contributed by atoms with Gasteiger partial charge in [-0.25, -0.2) is 4.98 Å². The van der Waals surface area contributed by atoms with Gasteiger partial charge in [0.1, 0.15) is 5.69 Å². The molecule has 8 heteroatoms. The molecule has 0 aromatic carbocycles. The van der Waals surface area contributed by atoms with Crippen molar-refractivity contribution in [2.45, 2.75) is 58.7 Å². The van der Waals surface area contributed by atoms with Crippen LogP contribution in [0.2, 0.25) is 0 Å². The zero-order valence-corrected chi connectivity index (χ0v) is 18.4. The monoisotopic (exact) mass is 426 g/mol. The molecule has 5 nitrogen and oxygen atoms in total. The van der Waals surface area contributed by atoms with Crippen molar-refractivity contribution >= 4 is 11.6 Å². The first-order valence-corrected chi connectivity index (χ1v) is 10.8. The molecule has 30 heavy (non-hydrogen) atoms. The Morgan fingerprint density at radius 3 is 2.33 bits per heavy atom.